The standard InChI is InChI=1S/C8H14N2O/c1-8(6-9)7-10-2-4-11-5-3-10/h8H,2-5,7H2,1H3. The third-order valence-corrected chi connectivity index (χ3v) is 1.86. The van der Waals surface area contributed by atoms with Crippen LogP contribution in [0.15, 0.2) is 0 Å². The van der Waals surface area contributed by atoms with E-state index in [4.69, 9.17) is 10.00 Å². The van der Waals surface area contributed by atoms with Crippen molar-refractivity contribution in [1.29, 1.82) is 5.26 Å². The van der Waals surface area contributed by atoms with Crippen molar-refractivity contribution in [2.24, 2.45) is 5.92 Å². The molecule has 1 saturated heterocycles. The van der Waals surface area contributed by atoms with Gasteiger partial charge in [0.2, 0.25) is 0 Å². The van der Waals surface area contributed by atoms with Crippen LogP contribution in [0, 0.1) is 17.2 Å². The van der Waals surface area contributed by atoms with Gasteiger partial charge in [0.05, 0.1) is 25.2 Å². The lowest BCUT2D eigenvalue weighted by Crippen LogP contribution is -2.38. The Labute approximate surface area is 67.6 Å². The fraction of sp³-hybridized carbons (Fsp3) is 0.875. The summed E-state index contributed by atoms with van der Waals surface area (Å²) in [5.41, 5.74) is 0. The van der Waals surface area contributed by atoms with Gasteiger partial charge in [-0.1, -0.05) is 0 Å². The first-order valence-electron chi connectivity index (χ1n) is 4.02. The van der Waals surface area contributed by atoms with E-state index in [9.17, 15) is 0 Å². The average molecular weight is 154 g/mol. The van der Waals surface area contributed by atoms with Gasteiger partial charge < -0.3 is 4.74 Å². The third-order valence-electron chi connectivity index (χ3n) is 1.86. The Balaban J connectivity index is 2.20. The van der Waals surface area contributed by atoms with Crippen LogP contribution in [0.3, 0.4) is 0 Å². The Morgan fingerprint density at radius 1 is 1.55 bits per heavy atom. The van der Waals surface area contributed by atoms with Crippen LogP contribution in [0.4, 0.5) is 0 Å². The highest BCUT2D eigenvalue weighted by Crippen LogP contribution is 2.01. The minimum atomic E-state index is 0.146. The minimum Gasteiger partial charge on any atom is -0.379 e. The van der Waals surface area contributed by atoms with Crippen molar-refractivity contribution in [2.45, 2.75) is 6.92 Å². The molecule has 3 nitrogen and oxygen atoms in total. The largest absolute Gasteiger partial charge is 0.379 e. The van der Waals surface area contributed by atoms with Crippen molar-refractivity contribution < 1.29 is 4.74 Å². The van der Waals surface area contributed by atoms with E-state index in [1.54, 1.807) is 0 Å². The van der Waals surface area contributed by atoms with Gasteiger partial charge >= 0.3 is 0 Å². The predicted molar refractivity (Wildman–Crippen MR) is 42.0 cm³/mol. The van der Waals surface area contributed by atoms with Crippen molar-refractivity contribution in [2.75, 3.05) is 32.8 Å². The van der Waals surface area contributed by atoms with E-state index in [2.05, 4.69) is 11.0 Å². The van der Waals surface area contributed by atoms with E-state index in [1.807, 2.05) is 6.92 Å². The Morgan fingerprint density at radius 2 is 2.18 bits per heavy atom. The first-order chi connectivity index (χ1) is 5.33. The fourth-order valence-electron chi connectivity index (χ4n) is 1.21. The molecule has 0 amide bonds. The maximum atomic E-state index is 8.56. The topological polar surface area (TPSA) is 36.3 Å². The van der Waals surface area contributed by atoms with Crippen molar-refractivity contribution in [3.8, 4) is 6.07 Å². The summed E-state index contributed by atoms with van der Waals surface area (Å²) < 4.78 is 5.19. The lowest BCUT2D eigenvalue weighted by atomic mass is 10.2. The van der Waals surface area contributed by atoms with Crippen LogP contribution >= 0.6 is 0 Å². The van der Waals surface area contributed by atoms with Crippen LogP contribution in [0.25, 0.3) is 0 Å². The fourth-order valence-corrected chi connectivity index (χ4v) is 1.21. The zero-order valence-corrected chi connectivity index (χ0v) is 6.92. The molecule has 0 N–H and O–H groups in total. The molecule has 0 saturated carbocycles. The zero-order chi connectivity index (χ0) is 8.10. The van der Waals surface area contributed by atoms with Gasteiger partial charge in [0.15, 0.2) is 0 Å². The Bertz CT molecular complexity index is 147. The lowest BCUT2D eigenvalue weighted by molar-refractivity contribution is 0.0346. The quantitative estimate of drug-likeness (QED) is 0.580. The molecule has 62 valence electrons. The molecule has 1 heterocycles. The highest BCUT2D eigenvalue weighted by molar-refractivity contribution is 4.81. The van der Waals surface area contributed by atoms with Crippen LogP contribution in [0.2, 0.25) is 0 Å². The van der Waals surface area contributed by atoms with Gasteiger partial charge in [-0.2, -0.15) is 5.26 Å². The second-order valence-electron chi connectivity index (χ2n) is 2.94. The number of ether oxygens (including phenoxy) is 1. The molecule has 0 aromatic rings. The molecule has 0 aromatic heterocycles. The van der Waals surface area contributed by atoms with E-state index >= 15 is 0 Å². The summed E-state index contributed by atoms with van der Waals surface area (Å²) >= 11 is 0. The molecule has 0 aliphatic carbocycles. The van der Waals surface area contributed by atoms with Crippen LogP contribution in [-0.4, -0.2) is 37.7 Å². The van der Waals surface area contributed by atoms with Crippen molar-refractivity contribution >= 4 is 0 Å². The van der Waals surface area contributed by atoms with E-state index in [0.29, 0.717) is 0 Å². The summed E-state index contributed by atoms with van der Waals surface area (Å²) in [7, 11) is 0. The summed E-state index contributed by atoms with van der Waals surface area (Å²) in [6.45, 7) is 6.43. The van der Waals surface area contributed by atoms with E-state index in [1.165, 1.54) is 0 Å². The molecule has 0 bridgehead atoms. The maximum absolute atomic E-state index is 8.56. The van der Waals surface area contributed by atoms with Gasteiger partial charge in [-0.3, -0.25) is 4.90 Å². The van der Waals surface area contributed by atoms with Crippen LogP contribution < -0.4 is 0 Å². The molecule has 1 atom stereocenters. The minimum absolute atomic E-state index is 0.146. The third kappa shape index (κ3) is 2.87. The summed E-state index contributed by atoms with van der Waals surface area (Å²) in [5, 5.41) is 8.56. The maximum Gasteiger partial charge on any atom is 0.0666 e. The lowest BCUT2D eigenvalue weighted by Gasteiger charge is -2.27. The molecule has 1 fully saturated rings. The first kappa shape index (κ1) is 8.51. The molecular weight excluding hydrogens is 140 g/mol. The first-order valence-corrected chi connectivity index (χ1v) is 4.02. The second-order valence-corrected chi connectivity index (χ2v) is 2.94. The molecule has 11 heavy (non-hydrogen) atoms. The van der Waals surface area contributed by atoms with Gasteiger partial charge in [0, 0.05) is 19.6 Å². The molecule has 3 heteroatoms. The smallest absolute Gasteiger partial charge is 0.0666 e. The van der Waals surface area contributed by atoms with E-state index in [-0.39, 0.29) is 5.92 Å². The Hall–Kier alpha value is -0.590. The van der Waals surface area contributed by atoms with Gasteiger partial charge in [0.1, 0.15) is 0 Å². The molecular formula is C8H14N2O. The Kier molecular flexibility index (Phi) is 3.34. The van der Waals surface area contributed by atoms with E-state index in [0.717, 1.165) is 32.8 Å². The number of rotatable bonds is 2. The summed E-state index contributed by atoms with van der Waals surface area (Å²) in [6.07, 6.45) is 0. The molecule has 0 aromatic carbocycles. The molecule has 0 spiro atoms. The van der Waals surface area contributed by atoms with Crippen LogP contribution in [0.1, 0.15) is 6.92 Å². The SMILES string of the molecule is CC(C#N)CN1CCOCC1. The number of nitriles is 1. The summed E-state index contributed by atoms with van der Waals surface area (Å²) in [6, 6.07) is 2.23. The average Bonchev–Trinajstić information content (AvgIpc) is 2.06. The van der Waals surface area contributed by atoms with Gasteiger partial charge in [-0.15, -0.1) is 0 Å². The molecule has 1 aliphatic heterocycles. The predicted octanol–water partition coefficient (Wildman–Crippen LogP) is 0.478. The summed E-state index contributed by atoms with van der Waals surface area (Å²) in [5.74, 6) is 0.146. The number of hydrogen-bond donors (Lipinski definition) is 0. The van der Waals surface area contributed by atoms with E-state index < -0.39 is 0 Å². The number of hydrogen-bond acceptors (Lipinski definition) is 3. The highest BCUT2D eigenvalue weighted by Gasteiger charge is 2.12. The normalized spacial score (nSPS) is 22.5. The van der Waals surface area contributed by atoms with Crippen molar-refractivity contribution in [3.63, 3.8) is 0 Å². The zero-order valence-electron chi connectivity index (χ0n) is 6.92. The number of nitrogens with zero attached hydrogens (tertiary/aromatic N) is 2. The van der Waals surface area contributed by atoms with Gasteiger partial charge in [0.25, 0.3) is 0 Å². The highest BCUT2D eigenvalue weighted by atomic mass is 16.5. The molecule has 1 aliphatic rings. The summed E-state index contributed by atoms with van der Waals surface area (Å²) in [4.78, 5) is 2.28. The van der Waals surface area contributed by atoms with Gasteiger partial charge in [-0.25, -0.2) is 0 Å². The Morgan fingerprint density at radius 3 is 2.73 bits per heavy atom. The number of morpholine rings is 1. The van der Waals surface area contributed by atoms with Crippen molar-refractivity contribution in [3.05, 3.63) is 0 Å². The second kappa shape index (κ2) is 4.32. The van der Waals surface area contributed by atoms with Gasteiger partial charge in [-0.05, 0) is 6.92 Å². The monoisotopic (exact) mass is 154 g/mol. The van der Waals surface area contributed by atoms with Crippen molar-refractivity contribution in [1.82, 2.24) is 4.90 Å². The van der Waals surface area contributed by atoms with Crippen LogP contribution in [0.5, 0.6) is 0 Å². The molecule has 1 rings (SSSR count). The molecule has 1 unspecified atom stereocenters. The van der Waals surface area contributed by atoms with Crippen LogP contribution in [-0.2, 0) is 4.74 Å². The molecule has 0 radical (unpaired) electrons.